The Hall–Kier alpha value is -3.33. The van der Waals surface area contributed by atoms with Gasteiger partial charge in [0.1, 0.15) is 17.3 Å². The third-order valence-electron chi connectivity index (χ3n) is 6.94. The Bertz CT molecular complexity index is 1630. The van der Waals surface area contributed by atoms with Crippen LogP contribution < -0.4 is 9.64 Å². The third kappa shape index (κ3) is 5.25. The van der Waals surface area contributed by atoms with E-state index in [0.717, 1.165) is 27.5 Å². The van der Waals surface area contributed by atoms with Crippen molar-refractivity contribution in [3.63, 3.8) is 0 Å². The van der Waals surface area contributed by atoms with Crippen molar-refractivity contribution in [3.05, 3.63) is 64.3 Å². The first kappa shape index (κ1) is 29.2. The molecule has 3 aromatic rings. The van der Waals surface area contributed by atoms with E-state index in [9.17, 15) is 36.3 Å². The predicted octanol–water partition coefficient (Wildman–Crippen LogP) is 4.96. The molecule has 0 saturated carbocycles. The van der Waals surface area contributed by atoms with Gasteiger partial charge < -0.3 is 9.84 Å². The zero-order valence-electron chi connectivity index (χ0n) is 21.1. The minimum Gasteiger partial charge on any atom is -0.480 e. The lowest BCUT2D eigenvalue weighted by molar-refractivity contribution is -0.274. The van der Waals surface area contributed by atoms with E-state index in [4.69, 9.17) is 23.2 Å². The normalized spacial score (nSPS) is 21.4. The van der Waals surface area contributed by atoms with E-state index in [0.29, 0.717) is 12.0 Å². The van der Waals surface area contributed by atoms with E-state index in [-0.39, 0.29) is 41.1 Å². The Morgan fingerprint density at radius 1 is 1.17 bits per heavy atom. The van der Waals surface area contributed by atoms with Crippen LogP contribution >= 0.6 is 23.2 Å². The number of anilines is 2. The van der Waals surface area contributed by atoms with Crippen LogP contribution in [0.25, 0.3) is 0 Å². The van der Waals surface area contributed by atoms with Gasteiger partial charge in [-0.05, 0) is 55.7 Å². The highest BCUT2D eigenvalue weighted by Gasteiger charge is 2.53. The third-order valence-corrected chi connectivity index (χ3v) is 9.25. The molecule has 0 radical (unpaired) electrons. The van der Waals surface area contributed by atoms with Gasteiger partial charge in [0, 0.05) is 23.0 Å². The van der Waals surface area contributed by atoms with E-state index in [1.807, 2.05) is 0 Å². The van der Waals surface area contributed by atoms with Crippen LogP contribution in [0.15, 0.2) is 53.7 Å². The quantitative estimate of drug-likeness (QED) is 0.390. The Morgan fingerprint density at radius 2 is 1.80 bits per heavy atom. The number of carboxylic acids is 1. The highest BCUT2D eigenvalue weighted by Crippen LogP contribution is 2.45. The number of aromatic nitrogens is 2. The van der Waals surface area contributed by atoms with Crippen LogP contribution in [0.4, 0.5) is 24.8 Å². The molecule has 5 rings (SSSR count). The molecule has 1 N–H and O–H groups in total. The highest BCUT2D eigenvalue weighted by molar-refractivity contribution is 7.89. The van der Waals surface area contributed by atoms with Crippen LogP contribution in [0.1, 0.15) is 25.3 Å². The van der Waals surface area contributed by atoms with Crippen LogP contribution in [0.5, 0.6) is 5.75 Å². The van der Waals surface area contributed by atoms with Gasteiger partial charge in [0.15, 0.2) is 5.03 Å². The summed E-state index contributed by atoms with van der Waals surface area (Å²) >= 11 is 12.3. The number of nitrogens with zero attached hydrogens (tertiary/aromatic N) is 4. The standard InChI is InChI=1S/C25H21Cl2F3N4O6S/c1-24(12-14-4-6-18(7-5-14)40-25(28,29)30)22(37)33(17-10-15(26)9-16(27)11-17)23-31-13-20(34(23)24)41(38,39)32-8-2-3-19(32)21(35)36/h4-7,9-11,13,19H,2-3,8,12H2,1H3,(H,35,36)/t19?,24-/m1/s1. The number of ether oxygens (including phenoxy) is 1. The minimum atomic E-state index is -4.90. The van der Waals surface area contributed by atoms with E-state index >= 15 is 0 Å². The maximum Gasteiger partial charge on any atom is 0.573 e. The number of carbonyl (C=O) groups excluding carboxylic acids is 1. The van der Waals surface area contributed by atoms with E-state index in [1.165, 1.54) is 41.8 Å². The second-order valence-electron chi connectivity index (χ2n) is 9.75. The van der Waals surface area contributed by atoms with Crippen molar-refractivity contribution in [2.75, 3.05) is 11.4 Å². The molecule has 0 spiro atoms. The number of rotatable bonds is 7. The number of alkyl halides is 3. The summed E-state index contributed by atoms with van der Waals surface area (Å²) in [7, 11) is -4.47. The maximum atomic E-state index is 14.1. The number of imidazole rings is 1. The lowest BCUT2D eigenvalue weighted by Gasteiger charge is -2.28. The van der Waals surface area contributed by atoms with Gasteiger partial charge in [-0.15, -0.1) is 13.2 Å². The summed E-state index contributed by atoms with van der Waals surface area (Å²) in [6.07, 6.45) is -3.58. The summed E-state index contributed by atoms with van der Waals surface area (Å²) in [5, 5.41) is 9.60. The molecule has 2 aliphatic rings. The zero-order valence-corrected chi connectivity index (χ0v) is 23.4. The summed E-state index contributed by atoms with van der Waals surface area (Å²) in [5.74, 6) is -2.48. The number of amides is 1. The lowest BCUT2D eigenvalue weighted by atomic mass is 9.92. The molecule has 218 valence electrons. The number of sulfonamides is 1. The topological polar surface area (TPSA) is 122 Å². The Kier molecular flexibility index (Phi) is 7.25. The summed E-state index contributed by atoms with van der Waals surface area (Å²) in [6, 6.07) is 7.83. The average molecular weight is 633 g/mol. The fourth-order valence-corrected chi connectivity index (χ4v) is 7.57. The first-order valence-corrected chi connectivity index (χ1v) is 14.3. The number of hydrogen-bond donors (Lipinski definition) is 1. The molecule has 0 aliphatic carbocycles. The van der Waals surface area contributed by atoms with E-state index in [1.54, 1.807) is 0 Å². The average Bonchev–Trinajstić information content (AvgIpc) is 3.56. The van der Waals surface area contributed by atoms with Crippen LogP contribution in [0.2, 0.25) is 10.0 Å². The first-order valence-electron chi connectivity index (χ1n) is 12.1. The molecule has 1 unspecified atom stereocenters. The largest absolute Gasteiger partial charge is 0.573 e. The van der Waals surface area contributed by atoms with Crippen LogP contribution in [-0.4, -0.2) is 58.2 Å². The van der Waals surface area contributed by atoms with Gasteiger partial charge in [0.2, 0.25) is 5.95 Å². The molecule has 2 aliphatic heterocycles. The molecule has 1 amide bonds. The van der Waals surface area contributed by atoms with Crippen molar-refractivity contribution in [2.24, 2.45) is 0 Å². The molecular formula is C25H21Cl2F3N4O6S. The van der Waals surface area contributed by atoms with Crippen molar-refractivity contribution in [1.82, 2.24) is 13.9 Å². The number of hydrogen-bond acceptors (Lipinski definition) is 6. The fourth-order valence-electron chi connectivity index (χ4n) is 5.21. The highest BCUT2D eigenvalue weighted by atomic mass is 35.5. The number of fused-ring (bicyclic) bond motifs is 1. The van der Waals surface area contributed by atoms with Crippen molar-refractivity contribution in [3.8, 4) is 5.75 Å². The van der Waals surface area contributed by atoms with Gasteiger partial charge in [-0.25, -0.2) is 18.3 Å². The van der Waals surface area contributed by atoms with Gasteiger partial charge in [0.25, 0.3) is 15.9 Å². The Labute approximate surface area is 241 Å². The minimum absolute atomic E-state index is 0.0429. The van der Waals surface area contributed by atoms with Gasteiger partial charge in [-0.2, -0.15) is 4.31 Å². The summed E-state index contributed by atoms with van der Waals surface area (Å²) < 4.78 is 71.6. The second-order valence-corrected chi connectivity index (χ2v) is 12.5. The predicted molar refractivity (Wildman–Crippen MR) is 141 cm³/mol. The summed E-state index contributed by atoms with van der Waals surface area (Å²) in [6.45, 7) is 1.42. The molecule has 41 heavy (non-hydrogen) atoms. The number of carboxylic acid groups (broad SMARTS) is 1. The Morgan fingerprint density at radius 3 is 2.39 bits per heavy atom. The SMILES string of the molecule is C[C@@]1(Cc2ccc(OC(F)(F)F)cc2)C(=O)N(c2cc(Cl)cc(Cl)c2)c2ncc(S(=O)(=O)N3CCCC3C(=O)O)n21. The summed E-state index contributed by atoms with van der Waals surface area (Å²) in [5.41, 5.74) is -1.09. The molecular weight excluding hydrogens is 612 g/mol. The lowest BCUT2D eigenvalue weighted by Crippen LogP contribution is -2.45. The molecule has 3 heterocycles. The van der Waals surface area contributed by atoms with E-state index < -0.39 is 50.6 Å². The molecule has 10 nitrogen and oxygen atoms in total. The van der Waals surface area contributed by atoms with Crippen molar-refractivity contribution in [1.29, 1.82) is 0 Å². The number of benzene rings is 2. The second kappa shape index (κ2) is 10.2. The van der Waals surface area contributed by atoms with Gasteiger partial charge >= 0.3 is 12.3 Å². The number of halogens is 5. The first-order chi connectivity index (χ1) is 19.1. The fraction of sp³-hybridized carbons (Fsp3) is 0.320. The van der Waals surface area contributed by atoms with Crippen molar-refractivity contribution < 1.29 is 41.0 Å². The van der Waals surface area contributed by atoms with Crippen LogP contribution in [-0.2, 0) is 31.6 Å². The number of aliphatic carboxylic acids is 1. The van der Waals surface area contributed by atoms with Crippen molar-refractivity contribution in [2.45, 2.75) is 49.2 Å². The van der Waals surface area contributed by atoms with Gasteiger partial charge in [-0.3, -0.25) is 14.2 Å². The molecule has 2 atom stereocenters. The van der Waals surface area contributed by atoms with Crippen LogP contribution in [0, 0.1) is 0 Å². The molecule has 2 aromatic carbocycles. The molecule has 16 heteroatoms. The zero-order chi connectivity index (χ0) is 29.9. The smallest absolute Gasteiger partial charge is 0.480 e. The maximum absolute atomic E-state index is 14.1. The number of carbonyl (C=O) groups is 2. The molecule has 1 fully saturated rings. The Balaban J connectivity index is 1.63. The molecule has 1 aromatic heterocycles. The van der Waals surface area contributed by atoms with Gasteiger partial charge in [-0.1, -0.05) is 35.3 Å². The van der Waals surface area contributed by atoms with Crippen LogP contribution in [0.3, 0.4) is 0 Å². The molecule has 1 saturated heterocycles. The van der Waals surface area contributed by atoms with E-state index in [2.05, 4.69) is 9.72 Å². The summed E-state index contributed by atoms with van der Waals surface area (Å²) in [4.78, 5) is 31.3. The molecule has 0 bridgehead atoms. The van der Waals surface area contributed by atoms with Gasteiger partial charge in [0.05, 0.1) is 11.9 Å². The monoisotopic (exact) mass is 632 g/mol. The van der Waals surface area contributed by atoms with Crippen molar-refractivity contribution >= 4 is 56.7 Å².